The van der Waals surface area contributed by atoms with Gasteiger partial charge in [0.1, 0.15) is 5.82 Å². The van der Waals surface area contributed by atoms with Crippen molar-refractivity contribution in [1.82, 2.24) is 5.32 Å². The molecule has 1 N–H and O–H groups in total. The van der Waals surface area contributed by atoms with Crippen LogP contribution in [0.3, 0.4) is 0 Å². The quantitative estimate of drug-likeness (QED) is 0.895. The summed E-state index contributed by atoms with van der Waals surface area (Å²) in [5.74, 6) is -0.287. The molecule has 1 aliphatic heterocycles. The molecule has 19 heavy (non-hydrogen) atoms. The lowest BCUT2D eigenvalue weighted by atomic mass is 9.76. The normalized spacial score (nSPS) is 26.8. The first-order chi connectivity index (χ1) is 9.07. The van der Waals surface area contributed by atoms with Gasteiger partial charge in [-0.05, 0) is 44.0 Å². The van der Waals surface area contributed by atoms with E-state index in [-0.39, 0.29) is 17.3 Å². The molecule has 106 valence electrons. The van der Waals surface area contributed by atoms with Gasteiger partial charge in [0, 0.05) is 23.6 Å². The first-order valence-corrected chi connectivity index (χ1v) is 7.21. The van der Waals surface area contributed by atoms with Crippen molar-refractivity contribution >= 4 is 11.6 Å². The third kappa shape index (κ3) is 3.28. The van der Waals surface area contributed by atoms with Crippen molar-refractivity contribution in [1.29, 1.82) is 0 Å². The van der Waals surface area contributed by atoms with Gasteiger partial charge < -0.3 is 10.1 Å². The van der Waals surface area contributed by atoms with E-state index < -0.39 is 0 Å². The fraction of sp³-hybridized carbons (Fsp3) is 0.600. The van der Waals surface area contributed by atoms with Crippen LogP contribution in [0.1, 0.15) is 25.8 Å². The molecule has 0 aromatic heterocycles. The number of rotatable bonds is 5. The van der Waals surface area contributed by atoms with E-state index in [9.17, 15) is 4.39 Å². The maximum absolute atomic E-state index is 13.1. The van der Waals surface area contributed by atoms with E-state index >= 15 is 0 Å². The molecule has 0 bridgehead atoms. The lowest BCUT2D eigenvalue weighted by molar-refractivity contribution is 0.0633. The van der Waals surface area contributed by atoms with E-state index in [0.29, 0.717) is 5.02 Å². The van der Waals surface area contributed by atoms with Crippen LogP contribution in [0, 0.1) is 11.2 Å². The second-order valence-corrected chi connectivity index (χ2v) is 5.73. The van der Waals surface area contributed by atoms with Crippen LogP contribution in [-0.2, 0) is 11.2 Å². The van der Waals surface area contributed by atoms with Crippen LogP contribution in [0.25, 0.3) is 0 Å². The van der Waals surface area contributed by atoms with Crippen LogP contribution in [0.5, 0.6) is 0 Å². The number of nitrogens with one attached hydrogen (secondary N) is 1. The molecule has 1 saturated heterocycles. The molecule has 0 saturated carbocycles. The number of hydrogen-bond acceptors (Lipinski definition) is 2. The molecular formula is C15H21ClFNO. The fourth-order valence-corrected chi connectivity index (χ4v) is 3.00. The predicted molar refractivity (Wildman–Crippen MR) is 76.1 cm³/mol. The predicted octanol–water partition coefficient (Wildman–Crippen LogP) is 3.43. The van der Waals surface area contributed by atoms with E-state index in [0.717, 1.165) is 38.1 Å². The van der Waals surface area contributed by atoms with Crippen molar-refractivity contribution in [3.8, 4) is 0 Å². The first-order valence-electron chi connectivity index (χ1n) is 6.83. The summed E-state index contributed by atoms with van der Waals surface area (Å²) in [5.41, 5.74) is 1.05. The van der Waals surface area contributed by atoms with Crippen molar-refractivity contribution < 1.29 is 9.13 Å². The van der Waals surface area contributed by atoms with Crippen LogP contribution in [0.2, 0.25) is 5.02 Å². The Hall–Kier alpha value is -0.640. The monoisotopic (exact) mass is 285 g/mol. The molecule has 1 aromatic carbocycles. The molecule has 1 heterocycles. The maximum Gasteiger partial charge on any atom is 0.124 e. The van der Waals surface area contributed by atoms with Gasteiger partial charge in [-0.25, -0.2) is 4.39 Å². The van der Waals surface area contributed by atoms with Crippen molar-refractivity contribution in [2.45, 2.75) is 32.8 Å². The van der Waals surface area contributed by atoms with Crippen LogP contribution >= 0.6 is 11.6 Å². The summed E-state index contributed by atoms with van der Waals surface area (Å²) in [7, 11) is 0. The van der Waals surface area contributed by atoms with Gasteiger partial charge in [0.15, 0.2) is 0 Å². The molecule has 1 fully saturated rings. The first kappa shape index (κ1) is 14.8. The molecule has 0 spiro atoms. The summed E-state index contributed by atoms with van der Waals surface area (Å²) in [5, 5.41) is 3.92. The van der Waals surface area contributed by atoms with E-state index in [1.54, 1.807) is 6.07 Å². The van der Waals surface area contributed by atoms with Gasteiger partial charge in [0.25, 0.3) is 0 Å². The largest absolute Gasteiger partial charge is 0.378 e. The number of hydrogen-bond donors (Lipinski definition) is 1. The average molecular weight is 286 g/mol. The standard InChI is InChI=1S/C15H21ClFNO/c1-3-18-10-15(6-7-19-11(15)2)9-12-4-5-13(17)8-14(12)16/h4-5,8,11,18H,3,6-7,9-10H2,1-2H3. The van der Waals surface area contributed by atoms with E-state index in [2.05, 4.69) is 19.2 Å². The van der Waals surface area contributed by atoms with Gasteiger partial charge in [0.2, 0.25) is 0 Å². The average Bonchev–Trinajstić information content (AvgIpc) is 2.72. The van der Waals surface area contributed by atoms with Gasteiger partial charge in [-0.1, -0.05) is 24.6 Å². The van der Waals surface area contributed by atoms with Gasteiger partial charge in [0.05, 0.1) is 6.10 Å². The zero-order chi connectivity index (χ0) is 13.9. The lowest BCUT2D eigenvalue weighted by Crippen LogP contribution is -2.41. The lowest BCUT2D eigenvalue weighted by Gasteiger charge is -2.33. The Labute approximate surface area is 119 Å². The van der Waals surface area contributed by atoms with Crippen LogP contribution < -0.4 is 5.32 Å². The molecule has 4 heteroatoms. The van der Waals surface area contributed by atoms with Gasteiger partial charge in [-0.15, -0.1) is 0 Å². The number of ether oxygens (including phenoxy) is 1. The second kappa shape index (κ2) is 6.21. The zero-order valence-electron chi connectivity index (χ0n) is 11.5. The molecule has 0 radical (unpaired) electrons. The molecular weight excluding hydrogens is 265 g/mol. The van der Waals surface area contributed by atoms with Gasteiger partial charge >= 0.3 is 0 Å². The smallest absolute Gasteiger partial charge is 0.124 e. The summed E-state index contributed by atoms with van der Waals surface area (Å²) < 4.78 is 18.9. The topological polar surface area (TPSA) is 21.3 Å². The molecule has 0 amide bonds. The maximum atomic E-state index is 13.1. The molecule has 2 nitrogen and oxygen atoms in total. The van der Waals surface area contributed by atoms with Crippen molar-refractivity contribution in [3.63, 3.8) is 0 Å². The summed E-state index contributed by atoms with van der Waals surface area (Å²) in [6.07, 6.45) is 2.02. The van der Waals surface area contributed by atoms with Gasteiger partial charge in [-0.2, -0.15) is 0 Å². The summed E-state index contributed by atoms with van der Waals surface area (Å²) in [4.78, 5) is 0. The molecule has 2 unspecified atom stereocenters. The molecule has 2 rings (SSSR count). The Morgan fingerprint density at radius 1 is 1.53 bits per heavy atom. The highest BCUT2D eigenvalue weighted by molar-refractivity contribution is 6.31. The number of halogens is 2. The third-order valence-electron chi connectivity index (χ3n) is 4.11. The highest BCUT2D eigenvalue weighted by Crippen LogP contribution is 2.39. The highest BCUT2D eigenvalue weighted by atomic mass is 35.5. The molecule has 1 aromatic rings. The minimum absolute atomic E-state index is 0.0531. The summed E-state index contributed by atoms with van der Waals surface area (Å²) >= 11 is 6.15. The second-order valence-electron chi connectivity index (χ2n) is 5.32. The van der Waals surface area contributed by atoms with Crippen molar-refractivity contribution in [2.24, 2.45) is 5.41 Å². The Bertz CT molecular complexity index is 440. The Kier molecular flexibility index (Phi) is 4.82. The Morgan fingerprint density at radius 2 is 2.32 bits per heavy atom. The van der Waals surface area contributed by atoms with Crippen LogP contribution in [-0.4, -0.2) is 25.8 Å². The molecule has 0 aliphatic carbocycles. The van der Waals surface area contributed by atoms with Crippen molar-refractivity contribution in [3.05, 3.63) is 34.6 Å². The Balaban J connectivity index is 2.20. The fourth-order valence-electron chi connectivity index (χ4n) is 2.76. The van der Waals surface area contributed by atoms with E-state index in [4.69, 9.17) is 16.3 Å². The minimum atomic E-state index is -0.287. The molecule has 2 atom stereocenters. The van der Waals surface area contributed by atoms with Crippen LogP contribution in [0.4, 0.5) is 4.39 Å². The van der Waals surface area contributed by atoms with Gasteiger partial charge in [-0.3, -0.25) is 0 Å². The highest BCUT2D eigenvalue weighted by Gasteiger charge is 2.41. The minimum Gasteiger partial charge on any atom is -0.378 e. The van der Waals surface area contributed by atoms with Crippen molar-refractivity contribution in [2.75, 3.05) is 19.7 Å². The zero-order valence-corrected chi connectivity index (χ0v) is 12.3. The third-order valence-corrected chi connectivity index (χ3v) is 4.47. The van der Waals surface area contributed by atoms with Crippen LogP contribution in [0.15, 0.2) is 18.2 Å². The Morgan fingerprint density at radius 3 is 2.89 bits per heavy atom. The van der Waals surface area contributed by atoms with E-state index in [1.165, 1.54) is 12.1 Å². The summed E-state index contributed by atoms with van der Waals surface area (Å²) in [6, 6.07) is 4.65. The number of benzene rings is 1. The SMILES string of the molecule is CCNCC1(Cc2ccc(F)cc2Cl)CCOC1C. The van der Waals surface area contributed by atoms with E-state index in [1.807, 2.05) is 0 Å². The summed E-state index contributed by atoms with van der Waals surface area (Å²) in [6.45, 7) is 6.83. The molecule has 1 aliphatic rings.